The first-order chi connectivity index (χ1) is 14.6. The Kier molecular flexibility index (Phi) is 6.75. The number of benzene rings is 2. The normalized spacial score (nSPS) is 12.0. The molecule has 1 aromatic heterocycles. The highest BCUT2D eigenvalue weighted by molar-refractivity contribution is 7.88. The molecule has 0 bridgehead atoms. The number of hydrogen-bond acceptors (Lipinski definition) is 7. The average Bonchev–Trinajstić information content (AvgIpc) is 3.15. The van der Waals surface area contributed by atoms with E-state index in [2.05, 4.69) is 4.18 Å². The number of ether oxygens (including phenoxy) is 2. The minimum absolute atomic E-state index is 0.00817. The molecule has 0 amide bonds. The van der Waals surface area contributed by atoms with Gasteiger partial charge in [0.15, 0.2) is 5.75 Å². The van der Waals surface area contributed by atoms with E-state index in [1.807, 2.05) is 0 Å². The SMILES string of the molecule is CCOC(=O)Cc1ccccc1OCc1cc(OS(=O)(=O)C(F)(F)F)c2sccc2c1. The molecule has 3 rings (SSSR count). The summed E-state index contributed by atoms with van der Waals surface area (Å²) in [4.78, 5) is 11.8. The molecule has 1 heterocycles. The highest BCUT2D eigenvalue weighted by atomic mass is 32.2. The van der Waals surface area contributed by atoms with E-state index in [4.69, 9.17) is 9.47 Å². The summed E-state index contributed by atoms with van der Waals surface area (Å²) in [6, 6.07) is 11.2. The fourth-order valence-corrected chi connectivity index (χ4v) is 4.08. The molecule has 0 atom stereocenters. The number of halogens is 3. The summed E-state index contributed by atoms with van der Waals surface area (Å²) in [7, 11) is -5.82. The Labute approximate surface area is 180 Å². The van der Waals surface area contributed by atoms with E-state index >= 15 is 0 Å². The van der Waals surface area contributed by atoms with Gasteiger partial charge in [0.25, 0.3) is 0 Å². The topological polar surface area (TPSA) is 78.9 Å². The van der Waals surface area contributed by atoms with Gasteiger partial charge in [0.2, 0.25) is 0 Å². The maximum atomic E-state index is 12.7. The lowest BCUT2D eigenvalue weighted by Gasteiger charge is -2.13. The van der Waals surface area contributed by atoms with E-state index in [-0.39, 0.29) is 24.3 Å². The molecule has 2 aromatic carbocycles. The lowest BCUT2D eigenvalue weighted by molar-refractivity contribution is -0.142. The zero-order valence-corrected chi connectivity index (χ0v) is 17.8. The molecular weight excluding hydrogens is 457 g/mol. The van der Waals surface area contributed by atoms with Crippen molar-refractivity contribution in [3.05, 3.63) is 59.0 Å². The molecule has 31 heavy (non-hydrogen) atoms. The van der Waals surface area contributed by atoms with Crippen LogP contribution < -0.4 is 8.92 Å². The van der Waals surface area contributed by atoms with Crippen LogP contribution in [0.3, 0.4) is 0 Å². The molecule has 166 valence electrons. The number of hydrogen-bond donors (Lipinski definition) is 0. The number of carbonyl (C=O) groups is 1. The van der Waals surface area contributed by atoms with Crippen LogP contribution in [0.4, 0.5) is 13.2 Å². The van der Waals surface area contributed by atoms with Crippen LogP contribution in [0.2, 0.25) is 0 Å². The highest BCUT2D eigenvalue weighted by Gasteiger charge is 2.48. The largest absolute Gasteiger partial charge is 0.534 e. The first-order valence-electron chi connectivity index (χ1n) is 8.98. The van der Waals surface area contributed by atoms with Crippen molar-refractivity contribution >= 4 is 37.5 Å². The maximum absolute atomic E-state index is 12.7. The van der Waals surface area contributed by atoms with Crippen molar-refractivity contribution in [3.8, 4) is 11.5 Å². The minimum Gasteiger partial charge on any atom is -0.489 e. The third-order valence-electron chi connectivity index (χ3n) is 4.07. The first-order valence-corrected chi connectivity index (χ1v) is 11.3. The Bertz CT molecular complexity index is 1190. The van der Waals surface area contributed by atoms with Gasteiger partial charge in [-0.05, 0) is 47.5 Å². The Balaban J connectivity index is 1.85. The minimum atomic E-state index is -5.82. The van der Waals surface area contributed by atoms with Crippen molar-refractivity contribution in [1.29, 1.82) is 0 Å². The van der Waals surface area contributed by atoms with E-state index in [1.165, 1.54) is 6.07 Å². The quantitative estimate of drug-likeness (QED) is 0.265. The summed E-state index contributed by atoms with van der Waals surface area (Å²) >= 11 is 1.05. The molecule has 0 saturated heterocycles. The van der Waals surface area contributed by atoms with Gasteiger partial charge in [-0.25, -0.2) is 0 Å². The number of thiophene rings is 1. The van der Waals surface area contributed by atoms with Crippen LogP contribution in [0.1, 0.15) is 18.1 Å². The van der Waals surface area contributed by atoms with Crippen LogP contribution in [-0.4, -0.2) is 26.5 Å². The first kappa shape index (κ1) is 22.9. The smallest absolute Gasteiger partial charge is 0.489 e. The van der Waals surface area contributed by atoms with Crippen molar-refractivity contribution in [3.63, 3.8) is 0 Å². The molecule has 3 aromatic rings. The van der Waals surface area contributed by atoms with Gasteiger partial charge in [-0.15, -0.1) is 11.3 Å². The fourth-order valence-electron chi connectivity index (χ4n) is 2.74. The summed E-state index contributed by atoms with van der Waals surface area (Å²) < 4.78 is 76.5. The van der Waals surface area contributed by atoms with Gasteiger partial charge < -0.3 is 13.7 Å². The second-order valence-electron chi connectivity index (χ2n) is 6.29. The molecule has 6 nitrogen and oxygen atoms in total. The molecular formula is C20H17F3O6S2. The van der Waals surface area contributed by atoms with Crippen molar-refractivity contribution in [2.24, 2.45) is 0 Å². The molecule has 0 unspecified atom stereocenters. The number of para-hydroxylation sites is 1. The third-order valence-corrected chi connectivity index (χ3v) is 5.98. The van der Waals surface area contributed by atoms with Gasteiger partial charge in [0.1, 0.15) is 12.4 Å². The lowest BCUT2D eigenvalue weighted by Crippen LogP contribution is -2.28. The van der Waals surface area contributed by atoms with E-state index < -0.39 is 27.3 Å². The van der Waals surface area contributed by atoms with Crippen LogP contribution in [0.15, 0.2) is 47.8 Å². The molecule has 0 fully saturated rings. The molecule has 0 N–H and O–H groups in total. The predicted molar refractivity (Wildman–Crippen MR) is 109 cm³/mol. The van der Waals surface area contributed by atoms with Gasteiger partial charge in [0, 0.05) is 5.56 Å². The Morgan fingerprint density at radius 3 is 2.55 bits per heavy atom. The van der Waals surface area contributed by atoms with Crippen molar-refractivity contribution in [2.45, 2.75) is 25.5 Å². The molecule has 11 heteroatoms. The number of esters is 1. The van der Waals surface area contributed by atoms with Gasteiger partial charge in [-0.3, -0.25) is 4.79 Å². The predicted octanol–water partition coefficient (Wildman–Crippen LogP) is 4.81. The lowest BCUT2D eigenvalue weighted by atomic mass is 10.1. The number of fused-ring (bicyclic) bond motifs is 1. The second-order valence-corrected chi connectivity index (χ2v) is 8.75. The molecule has 0 spiro atoms. The van der Waals surface area contributed by atoms with Crippen LogP contribution in [0, 0.1) is 0 Å². The average molecular weight is 474 g/mol. The summed E-state index contributed by atoms with van der Waals surface area (Å²) in [5.41, 5.74) is -4.58. The molecule has 0 saturated carbocycles. The third kappa shape index (κ3) is 5.47. The zero-order valence-electron chi connectivity index (χ0n) is 16.1. The Morgan fingerprint density at radius 2 is 1.84 bits per heavy atom. The highest BCUT2D eigenvalue weighted by Crippen LogP contribution is 2.36. The summed E-state index contributed by atoms with van der Waals surface area (Å²) in [6.07, 6.45) is -0.00817. The second kappa shape index (κ2) is 9.15. The van der Waals surface area contributed by atoms with Crippen LogP contribution >= 0.6 is 11.3 Å². The van der Waals surface area contributed by atoms with E-state index in [0.717, 1.165) is 11.3 Å². The van der Waals surface area contributed by atoms with E-state index in [0.29, 0.717) is 22.3 Å². The summed E-state index contributed by atoms with van der Waals surface area (Å²) in [5, 5.41) is 2.12. The summed E-state index contributed by atoms with van der Waals surface area (Å²) in [5.74, 6) is -0.458. The van der Waals surface area contributed by atoms with E-state index in [1.54, 1.807) is 48.7 Å². The van der Waals surface area contributed by atoms with Crippen molar-refractivity contribution < 1.29 is 40.0 Å². The Morgan fingerprint density at radius 1 is 1.10 bits per heavy atom. The van der Waals surface area contributed by atoms with Gasteiger partial charge in [0.05, 0.1) is 17.7 Å². The van der Waals surface area contributed by atoms with Gasteiger partial charge in [-0.1, -0.05) is 18.2 Å². The fraction of sp³-hybridized carbons (Fsp3) is 0.250. The Hall–Kier alpha value is -2.79. The number of rotatable bonds is 8. The molecule has 0 aliphatic carbocycles. The van der Waals surface area contributed by atoms with Gasteiger partial charge in [-0.2, -0.15) is 21.6 Å². The van der Waals surface area contributed by atoms with Crippen molar-refractivity contribution in [2.75, 3.05) is 6.61 Å². The van der Waals surface area contributed by atoms with Crippen molar-refractivity contribution in [1.82, 2.24) is 0 Å². The standard InChI is InChI=1S/C20H17F3O6S2/c1-2-27-18(24)11-14-5-3-4-6-16(14)28-12-13-9-15-7-8-30-19(15)17(10-13)29-31(25,26)20(21,22)23/h3-10H,2,11-12H2,1H3. The van der Waals surface area contributed by atoms with E-state index in [9.17, 15) is 26.4 Å². The zero-order chi connectivity index (χ0) is 22.6. The monoisotopic (exact) mass is 474 g/mol. The molecule has 0 radical (unpaired) electrons. The maximum Gasteiger partial charge on any atom is 0.534 e. The van der Waals surface area contributed by atoms with Crippen LogP contribution in [-0.2, 0) is 32.7 Å². The number of carbonyl (C=O) groups excluding carboxylic acids is 1. The molecule has 0 aliphatic rings. The summed E-state index contributed by atoms with van der Waals surface area (Å²) in [6.45, 7) is 1.85. The van der Waals surface area contributed by atoms with Crippen LogP contribution in [0.25, 0.3) is 10.1 Å². The van der Waals surface area contributed by atoms with Gasteiger partial charge >= 0.3 is 21.6 Å². The van der Waals surface area contributed by atoms with Crippen LogP contribution in [0.5, 0.6) is 11.5 Å². The molecule has 0 aliphatic heterocycles. The number of alkyl halides is 3.